The van der Waals surface area contributed by atoms with Gasteiger partial charge >= 0.3 is 0 Å². The van der Waals surface area contributed by atoms with Crippen molar-refractivity contribution in [1.29, 1.82) is 0 Å². The molecule has 1 saturated heterocycles. The third kappa shape index (κ3) is 5.07. The molecule has 28 heavy (non-hydrogen) atoms. The lowest BCUT2D eigenvalue weighted by molar-refractivity contribution is -0.133. The molecule has 7 nitrogen and oxygen atoms in total. The van der Waals surface area contributed by atoms with E-state index in [1.807, 2.05) is 24.8 Å². The number of nitrogens with zero attached hydrogens (tertiary/aromatic N) is 4. The fourth-order valence-electron chi connectivity index (χ4n) is 3.20. The first-order valence-corrected chi connectivity index (χ1v) is 9.61. The summed E-state index contributed by atoms with van der Waals surface area (Å²) < 4.78 is 24.0. The zero-order valence-corrected chi connectivity index (χ0v) is 16.7. The molecule has 1 fully saturated rings. The first-order chi connectivity index (χ1) is 13.5. The number of aryl methyl sites for hydroxylation is 1. The quantitative estimate of drug-likeness (QED) is 0.724. The van der Waals surface area contributed by atoms with Crippen LogP contribution in [0.2, 0.25) is 0 Å². The summed E-state index contributed by atoms with van der Waals surface area (Å²) in [7, 11) is 1.45. The first-order valence-electron chi connectivity index (χ1n) is 9.61. The Morgan fingerprint density at radius 1 is 1.29 bits per heavy atom. The molecule has 0 radical (unpaired) electrons. The van der Waals surface area contributed by atoms with Gasteiger partial charge in [0.2, 0.25) is 11.8 Å². The van der Waals surface area contributed by atoms with E-state index in [0.717, 1.165) is 18.7 Å². The van der Waals surface area contributed by atoms with E-state index in [2.05, 4.69) is 15.0 Å². The molecule has 0 saturated carbocycles. The smallest absolute Gasteiger partial charge is 0.227 e. The molecule has 2 aromatic rings. The predicted octanol–water partition coefficient (Wildman–Crippen LogP) is 2.62. The van der Waals surface area contributed by atoms with Crippen molar-refractivity contribution in [3.8, 4) is 5.75 Å². The number of halogens is 1. The normalized spacial score (nSPS) is 15.2. The van der Waals surface area contributed by atoms with E-state index in [-0.39, 0.29) is 23.4 Å². The minimum Gasteiger partial charge on any atom is -0.494 e. The van der Waals surface area contributed by atoms with Crippen LogP contribution >= 0.6 is 0 Å². The molecule has 0 aliphatic carbocycles. The van der Waals surface area contributed by atoms with Gasteiger partial charge in [-0.3, -0.25) is 9.69 Å². The van der Waals surface area contributed by atoms with Gasteiger partial charge in [0.1, 0.15) is 0 Å². The van der Waals surface area contributed by atoms with Crippen LogP contribution in [-0.2, 0) is 17.8 Å². The summed E-state index contributed by atoms with van der Waals surface area (Å²) in [6.45, 7) is 7.51. The zero-order valence-electron chi connectivity index (χ0n) is 16.7. The summed E-state index contributed by atoms with van der Waals surface area (Å²) >= 11 is 0. The maximum absolute atomic E-state index is 13.8. The number of ether oxygens (including phenoxy) is 1. The maximum Gasteiger partial charge on any atom is 0.227 e. The Hall–Kier alpha value is -2.48. The Kier molecular flexibility index (Phi) is 6.61. The van der Waals surface area contributed by atoms with Crippen LogP contribution in [0.15, 0.2) is 22.7 Å². The fourth-order valence-corrected chi connectivity index (χ4v) is 3.20. The van der Waals surface area contributed by atoms with Crippen molar-refractivity contribution in [3.63, 3.8) is 0 Å². The average molecular weight is 390 g/mol. The molecular weight excluding hydrogens is 363 g/mol. The van der Waals surface area contributed by atoms with Crippen molar-refractivity contribution in [2.75, 3.05) is 33.3 Å². The van der Waals surface area contributed by atoms with E-state index in [9.17, 15) is 9.18 Å². The summed E-state index contributed by atoms with van der Waals surface area (Å²) in [6.07, 6.45) is 0.827. The number of piperazine rings is 1. The molecule has 1 aromatic carbocycles. The maximum atomic E-state index is 13.8. The Morgan fingerprint density at radius 2 is 2.04 bits per heavy atom. The topological polar surface area (TPSA) is 71.7 Å². The van der Waals surface area contributed by atoms with Crippen LogP contribution in [0.5, 0.6) is 5.75 Å². The predicted molar refractivity (Wildman–Crippen MR) is 102 cm³/mol. The number of carbonyl (C=O) groups excluding carboxylic acids is 1. The summed E-state index contributed by atoms with van der Waals surface area (Å²) in [5.74, 6) is 1.39. The molecule has 0 N–H and O–H groups in total. The molecule has 1 amide bonds. The lowest BCUT2D eigenvalue weighted by Crippen LogP contribution is -2.48. The van der Waals surface area contributed by atoms with Gasteiger partial charge in [-0.15, -0.1) is 0 Å². The van der Waals surface area contributed by atoms with Crippen molar-refractivity contribution in [1.82, 2.24) is 19.9 Å². The monoisotopic (exact) mass is 390 g/mol. The highest BCUT2D eigenvalue weighted by Crippen LogP contribution is 2.19. The van der Waals surface area contributed by atoms with Gasteiger partial charge in [-0.2, -0.15) is 4.98 Å². The van der Waals surface area contributed by atoms with Crippen LogP contribution in [0.4, 0.5) is 4.39 Å². The summed E-state index contributed by atoms with van der Waals surface area (Å²) in [6, 6.07) is 5.02. The minimum absolute atomic E-state index is 0.0967. The lowest BCUT2D eigenvalue weighted by Gasteiger charge is -2.34. The molecule has 1 aliphatic heterocycles. The molecule has 1 aromatic heterocycles. The van der Waals surface area contributed by atoms with Gasteiger partial charge in [-0.25, -0.2) is 4.39 Å². The lowest BCUT2D eigenvalue weighted by atomic mass is 10.1. The number of amides is 1. The Balaban J connectivity index is 1.44. The first kappa shape index (κ1) is 20.3. The molecule has 0 unspecified atom stereocenters. The molecule has 3 rings (SSSR count). The zero-order chi connectivity index (χ0) is 20.1. The molecule has 8 heteroatoms. The van der Waals surface area contributed by atoms with Crippen molar-refractivity contribution >= 4 is 5.91 Å². The van der Waals surface area contributed by atoms with E-state index in [4.69, 9.17) is 9.26 Å². The third-order valence-corrected chi connectivity index (χ3v) is 4.90. The highest BCUT2D eigenvalue weighted by molar-refractivity contribution is 5.76. The van der Waals surface area contributed by atoms with Gasteiger partial charge in [-0.1, -0.05) is 25.1 Å². The van der Waals surface area contributed by atoms with Crippen molar-refractivity contribution in [3.05, 3.63) is 41.3 Å². The van der Waals surface area contributed by atoms with E-state index >= 15 is 0 Å². The molecular formula is C20H27FN4O3. The van der Waals surface area contributed by atoms with Crippen LogP contribution in [0.3, 0.4) is 0 Å². The number of rotatable bonds is 7. The number of hydrogen-bond acceptors (Lipinski definition) is 6. The molecule has 152 valence electrons. The Bertz CT molecular complexity index is 800. The molecule has 0 atom stereocenters. The van der Waals surface area contributed by atoms with Gasteiger partial charge in [0.05, 0.1) is 7.11 Å². The molecule has 0 bridgehead atoms. The van der Waals surface area contributed by atoms with Crippen LogP contribution < -0.4 is 4.74 Å². The van der Waals surface area contributed by atoms with Gasteiger partial charge in [0, 0.05) is 51.5 Å². The van der Waals surface area contributed by atoms with Gasteiger partial charge in [0.25, 0.3) is 0 Å². The number of benzene rings is 1. The second-order valence-corrected chi connectivity index (χ2v) is 7.33. The SMILES string of the molecule is COc1ccc(CN2CCN(C(=O)CCc3nc(C(C)C)no3)CC2)cc1F. The number of carbonyl (C=O) groups is 1. The van der Waals surface area contributed by atoms with Gasteiger partial charge in [0.15, 0.2) is 17.4 Å². The van der Waals surface area contributed by atoms with Crippen molar-refractivity contribution in [2.45, 2.75) is 39.2 Å². The Morgan fingerprint density at radius 3 is 2.64 bits per heavy atom. The van der Waals surface area contributed by atoms with Gasteiger partial charge in [-0.05, 0) is 17.7 Å². The highest BCUT2D eigenvalue weighted by atomic mass is 19.1. The van der Waals surface area contributed by atoms with Crippen LogP contribution in [-0.4, -0.2) is 59.1 Å². The fraction of sp³-hybridized carbons (Fsp3) is 0.550. The van der Waals surface area contributed by atoms with Crippen molar-refractivity contribution < 1.29 is 18.4 Å². The highest BCUT2D eigenvalue weighted by Gasteiger charge is 2.22. The van der Waals surface area contributed by atoms with E-state index in [0.29, 0.717) is 44.2 Å². The average Bonchev–Trinajstić information content (AvgIpc) is 3.16. The molecule has 0 spiro atoms. The summed E-state index contributed by atoms with van der Waals surface area (Å²) in [5.41, 5.74) is 0.899. The van der Waals surface area contributed by atoms with E-state index in [1.165, 1.54) is 13.2 Å². The second-order valence-electron chi connectivity index (χ2n) is 7.33. The minimum atomic E-state index is -0.351. The standard InChI is InChI=1S/C20H27FN4O3/c1-14(2)20-22-18(28-23-20)6-7-19(26)25-10-8-24(9-11-25)13-15-4-5-17(27-3)16(21)12-15/h4-5,12,14H,6-11,13H2,1-3H3. The number of aromatic nitrogens is 2. The molecule has 2 heterocycles. The summed E-state index contributed by atoms with van der Waals surface area (Å²) in [4.78, 5) is 20.8. The van der Waals surface area contributed by atoms with Crippen LogP contribution in [0, 0.1) is 5.82 Å². The van der Waals surface area contributed by atoms with E-state index in [1.54, 1.807) is 6.07 Å². The van der Waals surface area contributed by atoms with Crippen LogP contribution in [0.25, 0.3) is 0 Å². The number of hydrogen-bond donors (Lipinski definition) is 0. The summed E-state index contributed by atoms with van der Waals surface area (Å²) in [5, 5.41) is 3.92. The third-order valence-electron chi connectivity index (χ3n) is 4.90. The number of methoxy groups -OCH3 is 1. The molecule has 1 aliphatic rings. The Labute approximate surface area is 164 Å². The van der Waals surface area contributed by atoms with Crippen molar-refractivity contribution in [2.24, 2.45) is 0 Å². The largest absolute Gasteiger partial charge is 0.494 e. The second kappa shape index (κ2) is 9.14. The van der Waals surface area contributed by atoms with Gasteiger partial charge < -0.3 is 14.2 Å². The van der Waals surface area contributed by atoms with Crippen LogP contribution in [0.1, 0.15) is 43.5 Å². The van der Waals surface area contributed by atoms with E-state index < -0.39 is 0 Å².